The number of nitrogens with one attached hydrogen (secondary N) is 1. The monoisotopic (exact) mass is 495 g/mol. The van der Waals surface area contributed by atoms with Crippen LogP contribution in [0, 0.1) is 11.8 Å². The summed E-state index contributed by atoms with van der Waals surface area (Å²) in [7, 11) is 4.93. The van der Waals surface area contributed by atoms with Crippen molar-refractivity contribution in [1.29, 1.82) is 0 Å². The summed E-state index contributed by atoms with van der Waals surface area (Å²) in [4.78, 5) is 22.7. The van der Waals surface area contributed by atoms with Crippen LogP contribution in [-0.2, 0) is 32.8 Å². The molecule has 0 aliphatic rings. The van der Waals surface area contributed by atoms with Gasteiger partial charge in [0.15, 0.2) is 18.1 Å². The first-order valence-electron chi connectivity index (χ1n) is 11.6. The van der Waals surface area contributed by atoms with Gasteiger partial charge in [0, 0.05) is 39.2 Å². The van der Waals surface area contributed by atoms with Crippen molar-refractivity contribution in [3.05, 3.63) is 65.6 Å². The van der Waals surface area contributed by atoms with Gasteiger partial charge in [-0.2, -0.15) is 0 Å². The minimum Gasteiger partial charge on any atom is -0.389 e. The van der Waals surface area contributed by atoms with Gasteiger partial charge in [0.1, 0.15) is 5.82 Å². The van der Waals surface area contributed by atoms with Crippen molar-refractivity contribution in [2.24, 2.45) is 24.0 Å². The number of methoxy groups -OCH3 is 2. The van der Waals surface area contributed by atoms with E-state index in [0.29, 0.717) is 29.5 Å². The number of aryl methyl sites for hydroxylation is 1. The van der Waals surface area contributed by atoms with Crippen molar-refractivity contribution in [3.63, 3.8) is 0 Å². The molecule has 0 saturated carbocycles. The Labute approximate surface area is 210 Å². The maximum Gasteiger partial charge on any atom is 0.225 e. The van der Waals surface area contributed by atoms with Crippen LogP contribution in [-0.4, -0.2) is 56.8 Å². The molecule has 2 unspecified atom stereocenters. The number of pyridine rings is 1. The number of ether oxygens (including phenoxy) is 2. The predicted molar refractivity (Wildman–Crippen MR) is 134 cm³/mol. The molecule has 2 atom stereocenters. The number of hydrogen-bond acceptors (Lipinski definition) is 9. The van der Waals surface area contributed by atoms with E-state index in [0.717, 1.165) is 5.56 Å². The molecule has 192 valence electrons. The average Bonchev–Trinajstić information content (AvgIpc) is 3.31. The molecule has 0 aliphatic heterocycles. The molecule has 1 amide bonds. The summed E-state index contributed by atoms with van der Waals surface area (Å²) in [5.41, 5.74) is 1.91. The second kappa shape index (κ2) is 12.3. The van der Waals surface area contributed by atoms with Crippen LogP contribution < -0.4 is 5.32 Å². The number of anilines is 1. The Hall–Kier alpha value is -3.70. The number of carbonyl (C=O) groups excluding carboxylic acids is 1. The number of benzene rings is 1. The van der Waals surface area contributed by atoms with E-state index in [1.807, 2.05) is 51.1 Å². The lowest BCUT2D eigenvalue weighted by Crippen LogP contribution is -2.41. The van der Waals surface area contributed by atoms with Gasteiger partial charge >= 0.3 is 0 Å². The summed E-state index contributed by atoms with van der Waals surface area (Å²) < 4.78 is 12.5. The van der Waals surface area contributed by atoms with E-state index in [9.17, 15) is 4.79 Å². The van der Waals surface area contributed by atoms with Crippen LogP contribution in [0.15, 0.2) is 53.7 Å². The molecule has 0 aliphatic carbocycles. The van der Waals surface area contributed by atoms with E-state index in [1.54, 1.807) is 39.5 Å². The second-order valence-electron chi connectivity index (χ2n) is 8.66. The summed E-state index contributed by atoms with van der Waals surface area (Å²) in [5, 5.41) is 18.7. The maximum atomic E-state index is 12.7. The fraction of sp³-hybridized carbons (Fsp3) is 0.440. The molecule has 1 aromatic carbocycles. The SMILES string of the molecule is COC(C)(OC)C(C)C(C)CC(=O)Nc1cccc(CON=C(c2ccccc2)c2nnnn2C)n1. The van der Waals surface area contributed by atoms with Crippen LogP contribution >= 0.6 is 0 Å². The summed E-state index contributed by atoms with van der Waals surface area (Å²) in [6, 6.07) is 14.8. The Morgan fingerprint density at radius 3 is 2.47 bits per heavy atom. The van der Waals surface area contributed by atoms with Gasteiger partial charge in [-0.3, -0.25) is 4.79 Å². The topological polar surface area (TPSA) is 126 Å². The number of rotatable bonds is 12. The molecule has 3 aromatic rings. The fourth-order valence-electron chi connectivity index (χ4n) is 3.68. The minimum atomic E-state index is -0.768. The Morgan fingerprint density at radius 2 is 1.83 bits per heavy atom. The van der Waals surface area contributed by atoms with Crippen LogP contribution in [0.1, 0.15) is 44.3 Å². The molecule has 11 heteroatoms. The molecule has 0 spiro atoms. The van der Waals surface area contributed by atoms with E-state index < -0.39 is 5.79 Å². The van der Waals surface area contributed by atoms with Crippen molar-refractivity contribution < 1.29 is 19.1 Å². The average molecular weight is 496 g/mol. The molecule has 36 heavy (non-hydrogen) atoms. The normalized spacial score (nSPS) is 13.8. The van der Waals surface area contributed by atoms with E-state index in [2.05, 4.69) is 31.0 Å². The van der Waals surface area contributed by atoms with Gasteiger partial charge in [-0.05, 0) is 35.4 Å². The van der Waals surface area contributed by atoms with Crippen molar-refractivity contribution in [3.8, 4) is 0 Å². The van der Waals surface area contributed by atoms with E-state index in [-0.39, 0.29) is 24.3 Å². The van der Waals surface area contributed by atoms with E-state index in [1.165, 1.54) is 4.68 Å². The number of oxime groups is 1. The third kappa shape index (κ3) is 6.70. The highest BCUT2D eigenvalue weighted by molar-refractivity contribution is 6.10. The highest BCUT2D eigenvalue weighted by Crippen LogP contribution is 2.30. The van der Waals surface area contributed by atoms with Gasteiger partial charge in [0.2, 0.25) is 11.7 Å². The smallest absolute Gasteiger partial charge is 0.225 e. The molecular weight excluding hydrogens is 462 g/mol. The minimum absolute atomic E-state index is 0.00766. The maximum absolute atomic E-state index is 12.7. The first kappa shape index (κ1) is 26.9. The third-order valence-corrected chi connectivity index (χ3v) is 6.32. The molecular formula is C25H33N7O4. The lowest BCUT2D eigenvalue weighted by Gasteiger charge is -2.36. The standard InChI is InChI=1S/C25H33N7O4/c1-17(18(2)25(3,34-5)35-6)15-22(33)27-21-14-10-13-20(26-21)16-36-29-23(19-11-8-7-9-12-19)24-28-30-31-32(24)4/h7-14,17-18H,15-16H2,1-6H3,(H,26,27,33). The summed E-state index contributed by atoms with van der Waals surface area (Å²) in [5.74, 6) is 0.00112. The van der Waals surface area contributed by atoms with E-state index >= 15 is 0 Å². The Morgan fingerprint density at radius 1 is 1.11 bits per heavy atom. The number of hydrogen-bond donors (Lipinski definition) is 1. The van der Waals surface area contributed by atoms with Crippen molar-refractivity contribution in [2.45, 2.75) is 39.6 Å². The quantitative estimate of drug-likeness (QED) is 0.231. The van der Waals surface area contributed by atoms with Gasteiger partial charge in [-0.15, -0.1) is 5.10 Å². The van der Waals surface area contributed by atoms with Crippen LogP contribution in [0.4, 0.5) is 5.82 Å². The third-order valence-electron chi connectivity index (χ3n) is 6.32. The molecule has 0 fully saturated rings. The van der Waals surface area contributed by atoms with Crippen LogP contribution in [0.3, 0.4) is 0 Å². The van der Waals surface area contributed by atoms with Gasteiger partial charge < -0.3 is 19.6 Å². The van der Waals surface area contributed by atoms with Crippen LogP contribution in [0.2, 0.25) is 0 Å². The van der Waals surface area contributed by atoms with Crippen LogP contribution in [0.25, 0.3) is 0 Å². The highest BCUT2D eigenvalue weighted by atomic mass is 16.7. The molecule has 0 saturated heterocycles. The molecule has 0 radical (unpaired) electrons. The van der Waals surface area contributed by atoms with Gasteiger partial charge in [0.05, 0.1) is 5.69 Å². The number of amides is 1. The summed E-state index contributed by atoms with van der Waals surface area (Å²) >= 11 is 0. The highest BCUT2D eigenvalue weighted by Gasteiger charge is 2.35. The lowest BCUT2D eigenvalue weighted by molar-refractivity contribution is -0.232. The predicted octanol–water partition coefficient (Wildman–Crippen LogP) is 3.18. The molecule has 0 bridgehead atoms. The summed E-state index contributed by atoms with van der Waals surface area (Å²) in [6.07, 6.45) is 0.294. The first-order valence-corrected chi connectivity index (χ1v) is 11.6. The van der Waals surface area contributed by atoms with Crippen molar-refractivity contribution in [2.75, 3.05) is 19.5 Å². The molecule has 2 heterocycles. The number of carbonyl (C=O) groups is 1. The Balaban J connectivity index is 1.64. The molecule has 3 rings (SSSR count). The zero-order valence-electron chi connectivity index (χ0n) is 21.5. The Bertz CT molecular complexity index is 1160. The zero-order chi connectivity index (χ0) is 26.1. The van der Waals surface area contributed by atoms with Gasteiger partial charge in [-0.1, -0.05) is 55.4 Å². The molecule has 1 N–H and O–H groups in total. The Kier molecular flexibility index (Phi) is 9.20. The largest absolute Gasteiger partial charge is 0.389 e. The lowest BCUT2D eigenvalue weighted by atomic mass is 9.86. The summed E-state index contributed by atoms with van der Waals surface area (Å²) in [6.45, 7) is 5.96. The number of nitrogens with zero attached hydrogens (tertiary/aromatic N) is 6. The van der Waals surface area contributed by atoms with E-state index in [4.69, 9.17) is 14.3 Å². The molecule has 11 nitrogen and oxygen atoms in total. The van der Waals surface area contributed by atoms with Gasteiger partial charge in [-0.25, -0.2) is 9.67 Å². The number of tetrazole rings is 1. The number of aromatic nitrogens is 5. The van der Waals surface area contributed by atoms with Crippen molar-refractivity contribution >= 4 is 17.4 Å². The first-order chi connectivity index (χ1) is 17.3. The fourth-order valence-corrected chi connectivity index (χ4v) is 3.68. The zero-order valence-corrected chi connectivity index (χ0v) is 21.5. The van der Waals surface area contributed by atoms with Crippen molar-refractivity contribution in [1.82, 2.24) is 25.2 Å². The molecule has 2 aromatic heterocycles. The van der Waals surface area contributed by atoms with Crippen LogP contribution in [0.5, 0.6) is 0 Å². The van der Waals surface area contributed by atoms with Gasteiger partial charge in [0.25, 0.3) is 0 Å². The second-order valence-corrected chi connectivity index (χ2v) is 8.66.